The normalized spacial score (nSPS) is 14.6. The van der Waals surface area contributed by atoms with Crippen LogP contribution in [0.1, 0.15) is 39.3 Å². The highest BCUT2D eigenvalue weighted by Gasteiger charge is 2.18. The second-order valence-corrected chi connectivity index (χ2v) is 12.7. The SMILES string of the molecule is COCn1cc(-c2cc(-c3ccc(CN4CCOCC4)s3)cc([C@@H](C)NC(=O)c3cc(OCCN(C)C)ccc3C)c2)cn1. The zero-order valence-electron chi connectivity index (χ0n) is 26.3. The zero-order chi connectivity index (χ0) is 31.1. The molecule has 1 aliphatic rings. The van der Waals surface area contributed by atoms with Gasteiger partial charge in [-0.05, 0) is 92.7 Å². The van der Waals surface area contributed by atoms with Crippen molar-refractivity contribution in [1.82, 2.24) is 24.9 Å². The highest BCUT2D eigenvalue weighted by Crippen LogP contribution is 2.35. The van der Waals surface area contributed by atoms with E-state index in [0.29, 0.717) is 24.7 Å². The van der Waals surface area contributed by atoms with Crippen LogP contribution in [-0.2, 0) is 22.7 Å². The maximum Gasteiger partial charge on any atom is 0.252 e. The summed E-state index contributed by atoms with van der Waals surface area (Å²) >= 11 is 1.81. The van der Waals surface area contributed by atoms with Gasteiger partial charge in [0.25, 0.3) is 5.91 Å². The summed E-state index contributed by atoms with van der Waals surface area (Å²) in [6.45, 7) is 10.1. The number of thiophene rings is 1. The molecular weight excluding hydrogens is 574 g/mol. The Hall–Kier alpha value is -3.54. The Morgan fingerprint density at radius 1 is 1.09 bits per heavy atom. The maximum absolute atomic E-state index is 13.5. The summed E-state index contributed by atoms with van der Waals surface area (Å²) in [5.74, 6) is 0.565. The van der Waals surface area contributed by atoms with Crippen molar-refractivity contribution in [3.8, 4) is 27.3 Å². The van der Waals surface area contributed by atoms with E-state index in [1.165, 1.54) is 9.75 Å². The smallest absolute Gasteiger partial charge is 0.252 e. The number of hydrogen-bond acceptors (Lipinski definition) is 8. The van der Waals surface area contributed by atoms with Gasteiger partial charge in [-0.15, -0.1) is 11.3 Å². The number of aryl methyl sites for hydroxylation is 1. The average molecular weight is 618 g/mol. The fourth-order valence-corrected chi connectivity index (χ4v) is 6.20. The number of aromatic nitrogens is 2. The number of carbonyl (C=O) groups is 1. The fourth-order valence-electron chi connectivity index (χ4n) is 5.16. The summed E-state index contributed by atoms with van der Waals surface area (Å²) in [6, 6.07) is 16.4. The highest BCUT2D eigenvalue weighted by molar-refractivity contribution is 7.15. The predicted molar refractivity (Wildman–Crippen MR) is 175 cm³/mol. The molecule has 1 amide bonds. The number of methoxy groups -OCH3 is 1. The number of likely N-dealkylation sites (N-methyl/N-ethyl adjacent to an activating group) is 1. The molecular formula is C34H43N5O4S. The molecule has 1 atom stereocenters. The highest BCUT2D eigenvalue weighted by atomic mass is 32.1. The lowest BCUT2D eigenvalue weighted by molar-refractivity contribution is 0.0346. The number of ether oxygens (including phenoxy) is 3. The van der Waals surface area contributed by atoms with Crippen LogP contribution in [0, 0.1) is 6.92 Å². The van der Waals surface area contributed by atoms with Crippen LogP contribution >= 0.6 is 11.3 Å². The van der Waals surface area contributed by atoms with Gasteiger partial charge in [0.1, 0.15) is 19.1 Å². The second-order valence-electron chi connectivity index (χ2n) is 11.5. The van der Waals surface area contributed by atoms with Gasteiger partial charge in [0.05, 0.1) is 25.5 Å². The van der Waals surface area contributed by atoms with E-state index < -0.39 is 0 Å². The molecule has 0 bridgehead atoms. The summed E-state index contributed by atoms with van der Waals surface area (Å²) in [6.07, 6.45) is 3.84. The number of nitrogens with one attached hydrogen (secondary N) is 1. The molecule has 0 unspecified atom stereocenters. The second kappa shape index (κ2) is 15.0. The van der Waals surface area contributed by atoms with Crippen LogP contribution in [0.15, 0.2) is 60.9 Å². The van der Waals surface area contributed by atoms with E-state index in [4.69, 9.17) is 14.2 Å². The third-order valence-corrected chi connectivity index (χ3v) is 8.84. The molecule has 0 spiro atoms. The number of amides is 1. The first-order valence-corrected chi connectivity index (χ1v) is 15.9. The van der Waals surface area contributed by atoms with E-state index in [2.05, 4.69) is 50.5 Å². The minimum atomic E-state index is -0.235. The molecule has 2 aromatic heterocycles. The van der Waals surface area contributed by atoms with E-state index in [0.717, 1.165) is 67.2 Å². The molecule has 10 heteroatoms. The van der Waals surface area contributed by atoms with Crippen molar-refractivity contribution in [3.63, 3.8) is 0 Å². The van der Waals surface area contributed by atoms with Gasteiger partial charge in [0.2, 0.25) is 0 Å². The first-order chi connectivity index (χ1) is 21.3. The quantitative estimate of drug-likeness (QED) is 0.214. The van der Waals surface area contributed by atoms with Crippen molar-refractivity contribution in [2.45, 2.75) is 33.2 Å². The van der Waals surface area contributed by atoms with Gasteiger partial charge >= 0.3 is 0 Å². The Bertz CT molecular complexity index is 1540. The molecule has 3 heterocycles. The van der Waals surface area contributed by atoms with Crippen LogP contribution in [-0.4, -0.2) is 86.1 Å². The standard InChI is InChI=1S/C34H43N5O4S/c1-24-6-7-30(43-15-10-37(3)4)19-32(24)34(40)36-25(2)26-16-27(29-20-35-39(21-29)23-41-5)18-28(17-26)33-9-8-31(44-33)22-38-11-13-42-14-12-38/h6-9,16-21,25H,10-15,22-23H2,1-5H3,(H,36,40)/t25-/m1/s1. The molecule has 1 N–H and O–H groups in total. The summed E-state index contributed by atoms with van der Waals surface area (Å²) < 4.78 is 18.5. The first kappa shape index (κ1) is 31.9. The number of hydrogen-bond donors (Lipinski definition) is 1. The first-order valence-electron chi connectivity index (χ1n) is 15.0. The van der Waals surface area contributed by atoms with E-state index in [9.17, 15) is 4.79 Å². The summed E-state index contributed by atoms with van der Waals surface area (Å²) in [4.78, 5) is 20.6. The number of carbonyl (C=O) groups excluding carboxylic acids is 1. The fraction of sp³-hybridized carbons (Fsp3) is 0.412. The molecule has 1 saturated heterocycles. The Kier molecular flexibility index (Phi) is 10.8. The third-order valence-electron chi connectivity index (χ3n) is 7.72. The largest absolute Gasteiger partial charge is 0.492 e. The lowest BCUT2D eigenvalue weighted by atomic mass is 9.97. The molecule has 1 aliphatic heterocycles. The average Bonchev–Trinajstić information content (AvgIpc) is 3.68. The van der Waals surface area contributed by atoms with Crippen LogP contribution in [0.2, 0.25) is 0 Å². The molecule has 4 aromatic rings. The van der Waals surface area contributed by atoms with Gasteiger partial charge in [-0.25, -0.2) is 4.68 Å². The van der Waals surface area contributed by atoms with E-state index >= 15 is 0 Å². The summed E-state index contributed by atoms with van der Waals surface area (Å²) in [5, 5.41) is 7.70. The molecule has 0 aliphatic carbocycles. The number of rotatable bonds is 13. The summed E-state index contributed by atoms with van der Waals surface area (Å²) in [5.41, 5.74) is 5.68. The van der Waals surface area contributed by atoms with Gasteiger partial charge in [-0.2, -0.15) is 5.10 Å². The minimum Gasteiger partial charge on any atom is -0.492 e. The van der Waals surface area contributed by atoms with Crippen LogP contribution in [0.25, 0.3) is 21.6 Å². The number of benzene rings is 2. The molecule has 9 nitrogen and oxygen atoms in total. The molecule has 0 saturated carbocycles. The monoisotopic (exact) mass is 617 g/mol. The van der Waals surface area contributed by atoms with Gasteiger partial charge in [0, 0.05) is 60.4 Å². The van der Waals surface area contributed by atoms with Crippen molar-refractivity contribution in [2.75, 3.05) is 60.7 Å². The maximum atomic E-state index is 13.5. The van der Waals surface area contributed by atoms with Gasteiger partial charge in [-0.1, -0.05) is 6.07 Å². The molecule has 234 valence electrons. The molecule has 0 radical (unpaired) electrons. The van der Waals surface area contributed by atoms with Crippen molar-refractivity contribution >= 4 is 17.2 Å². The Morgan fingerprint density at radius 2 is 1.89 bits per heavy atom. The van der Waals surface area contributed by atoms with Gasteiger partial charge < -0.3 is 24.4 Å². The Labute approximate surface area is 264 Å². The lowest BCUT2D eigenvalue weighted by Crippen LogP contribution is -2.35. The van der Waals surface area contributed by atoms with Crippen molar-refractivity contribution in [1.29, 1.82) is 0 Å². The lowest BCUT2D eigenvalue weighted by Gasteiger charge is -2.25. The number of nitrogens with zero attached hydrogens (tertiary/aromatic N) is 4. The van der Waals surface area contributed by atoms with Crippen LogP contribution < -0.4 is 10.1 Å². The van der Waals surface area contributed by atoms with Crippen LogP contribution in [0.5, 0.6) is 5.75 Å². The van der Waals surface area contributed by atoms with E-state index in [1.807, 2.05) is 69.9 Å². The van der Waals surface area contributed by atoms with Crippen LogP contribution in [0.4, 0.5) is 0 Å². The predicted octanol–water partition coefficient (Wildman–Crippen LogP) is 5.45. The molecule has 44 heavy (non-hydrogen) atoms. The van der Waals surface area contributed by atoms with Crippen molar-refractivity contribution in [3.05, 3.63) is 82.5 Å². The Balaban J connectivity index is 1.39. The van der Waals surface area contributed by atoms with E-state index in [1.54, 1.807) is 11.8 Å². The molecule has 2 aromatic carbocycles. The Morgan fingerprint density at radius 3 is 2.66 bits per heavy atom. The third kappa shape index (κ3) is 8.34. The minimum absolute atomic E-state index is 0.128. The van der Waals surface area contributed by atoms with Gasteiger partial charge in [-0.3, -0.25) is 9.69 Å². The van der Waals surface area contributed by atoms with Gasteiger partial charge in [0.15, 0.2) is 0 Å². The van der Waals surface area contributed by atoms with E-state index in [-0.39, 0.29) is 11.9 Å². The van der Waals surface area contributed by atoms with Crippen molar-refractivity contribution in [2.24, 2.45) is 0 Å². The molecule has 5 rings (SSSR count). The molecule has 1 fully saturated rings. The van der Waals surface area contributed by atoms with Crippen molar-refractivity contribution < 1.29 is 19.0 Å². The number of morpholine rings is 1. The topological polar surface area (TPSA) is 81.1 Å². The summed E-state index contributed by atoms with van der Waals surface area (Å²) in [7, 11) is 5.67. The van der Waals surface area contributed by atoms with Crippen LogP contribution in [0.3, 0.4) is 0 Å². The zero-order valence-corrected chi connectivity index (χ0v) is 27.2.